The van der Waals surface area contributed by atoms with E-state index in [0.717, 1.165) is 44.0 Å². The molecular formula is C23H32N2O3S. The smallest absolute Gasteiger partial charge is 0.161 e. The Morgan fingerprint density at radius 2 is 1.72 bits per heavy atom. The van der Waals surface area contributed by atoms with Crippen molar-refractivity contribution in [1.29, 1.82) is 0 Å². The third-order valence-corrected chi connectivity index (χ3v) is 6.33. The van der Waals surface area contributed by atoms with Crippen molar-refractivity contribution >= 4 is 17.4 Å². The van der Waals surface area contributed by atoms with Crippen molar-refractivity contribution in [3.8, 4) is 11.5 Å². The summed E-state index contributed by atoms with van der Waals surface area (Å²) < 4.78 is 10.6. The van der Waals surface area contributed by atoms with Gasteiger partial charge in [0.05, 0.1) is 26.0 Å². The summed E-state index contributed by atoms with van der Waals surface area (Å²) in [5.74, 6) is 2.42. The summed E-state index contributed by atoms with van der Waals surface area (Å²) in [5, 5.41) is 10.6. The second-order valence-electron chi connectivity index (χ2n) is 7.15. The van der Waals surface area contributed by atoms with Crippen molar-refractivity contribution in [1.82, 2.24) is 4.90 Å². The molecule has 0 aromatic heterocycles. The first kappa shape index (κ1) is 21.8. The number of anilines is 1. The van der Waals surface area contributed by atoms with E-state index in [0.29, 0.717) is 17.9 Å². The molecule has 0 aliphatic carbocycles. The molecule has 0 spiro atoms. The first-order chi connectivity index (χ1) is 14.2. The first-order valence-corrected chi connectivity index (χ1v) is 11.2. The Hall–Kier alpha value is -1.89. The fourth-order valence-electron chi connectivity index (χ4n) is 3.74. The zero-order valence-corrected chi connectivity index (χ0v) is 18.5. The van der Waals surface area contributed by atoms with Crippen molar-refractivity contribution in [2.24, 2.45) is 0 Å². The standard InChI is InChI=1S/C23H32N2O3S/c1-4-29-23-8-6-5-7-19(23)25-15-13-24(14-16-25)12-11-20(26)18-9-10-21(27-2)22(17-18)28-3/h5-10,17,20,26H,4,11-16H2,1-3H3/t20-/m0/s1. The quantitative estimate of drug-likeness (QED) is 0.622. The van der Waals surface area contributed by atoms with Gasteiger partial charge in [0.25, 0.3) is 0 Å². The largest absolute Gasteiger partial charge is 0.493 e. The van der Waals surface area contributed by atoms with Gasteiger partial charge in [0.2, 0.25) is 0 Å². The van der Waals surface area contributed by atoms with Crippen LogP contribution in [0.2, 0.25) is 0 Å². The molecule has 0 saturated carbocycles. The van der Waals surface area contributed by atoms with Crippen LogP contribution in [0.1, 0.15) is 25.0 Å². The molecule has 29 heavy (non-hydrogen) atoms. The Morgan fingerprint density at radius 3 is 2.41 bits per heavy atom. The fourth-order valence-corrected chi connectivity index (χ4v) is 4.57. The number of ether oxygens (including phenoxy) is 2. The summed E-state index contributed by atoms with van der Waals surface area (Å²) in [6.07, 6.45) is 0.201. The first-order valence-electron chi connectivity index (χ1n) is 10.2. The van der Waals surface area contributed by atoms with Crippen molar-refractivity contribution in [2.75, 3.05) is 57.6 Å². The highest BCUT2D eigenvalue weighted by molar-refractivity contribution is 7.99. The molecule has 5 nitrogen and oxygen atoms in total. The van der Waals surface area contributed by atoms with Crippen LogP contribution in [0.4, 0.5) is 5.69 Å². The number of aliphatic hydroxyl groups excluding tert-OH is 1. The molecule has 0 bridgehead atoms. The molecule has 1 N–H and O–H groups in total. The fraction of sp³-hybridized carbons (Fsp3) is 0.478. The number of nitrogens with zero attached hydrogens (tertiary/aromatic N) is 2. The molecule has 1 aliphatic rings. The van der Waals surface area contributed by atoms with E-state index in [4.69, 9.17) is 9.47 Å². The van der Waals surface area contributed by atoms with Gasteiger partial charge in [-0.15, -0.1) is 11.8 Å². The minimum atomic E-state index is -0.505. The van der Waals surface area contributed by atoms with E-state index in [1.165, 1.54) is 10.6 Å². The zero-order valence-electron chi connectivity index (χ0n) is 17.6. The van der Waals surface area contributed by atoms with Crippen molar-refractivity contribution in [3.05, 3.63) is 48.0 Å². The Morgan fingerprint density at radius 1 is 1.00 bits per heavy atom. The number of methoxy groups -OCH3 is 2. The number of para-hydroxylation sites is 1. The van der Waals surface area contributed by atoms with Crippen LogP contribution in [0.15, 0.2) is 47.4 Å². The molecule has 0 amide bonds. The van der Waals surface area contributed by atoms with Gasteiger partial charge in [0, 0.05) is 37.6 Å². The summed E-state index contributed by atoms with van der Waals surface area (Å²) in [4.78, 5) is 6.29. The monoisotopic (exact) mass is 416 g/mol. The zero-order chi connectivity index (χ0) is 20.6. The second kappa shape index (κ2) is 10.8. The van der Waals surface area contributed by atoms with Crippen molar-refractivity contribution in [3.63, 3.8) is 0 Å². The van der Waals surface area contributed by atoms with E-state index >= 15 is 0 Å². The Kier molecular flexibility index (Phi) is 8.09. The van der Waals surface area contributed by atoms with Gasteiger partial charge >= 0.3 is 0 Å². The summed E-state index contributed by atoms with van der Waals surface area (Å²) in [6, 6.07) is 14.3. The van der Waals surface area contributed by atoms with Gasteiger partial charge in [0.15, 0.2) is 11.5 Å². The van der Waals surface area contributed by atoms with E-state index in [9.17, 15) is 5.11 Å². The van der Waals surface area contributed by atoms with Gasteiger partial charge in [-0.05, 0) is 42.0 Å². The van der Waals surface area contributed by atoms with Crippen LogP contribution in [0.25, 0.3) is 0 Å². The highest BCUT2D eigenvalue weighted by Gasteiger charge is 2.20. The normalized spacial score (nSPS) is 15.9. The third-order valence-electron chi connectivity index (χ3n) is 5.39. The lowest BCUT2D eigenvalue weighted by Crippen LogP contribution is -2.47. The average molecular weight is 417 g/mol. The van der Waals surface area contributed by atoms with E-state index < -0.39 is 6.10 Å². The summed E-state index contributed by atoms with van der Waals surface area (Å²) >= 11 is 1.91. The third kappa shape index (κ3) is 5.59. The molecule has 1 aliphatic heterocycles. The molecule has 3 rings (SSSR count). The number of benzene rings is 2. The maximum absolute atomic E-state index is 10.6. The minimum absolute atomic E-state index is 0.505. The highest BCUT2D eigenvalue weighted by Crippen LogP contribution is 2.32. The maximum Gasteiger partial charge on any atom is 0.161 e. The lowest BCUT2D eigenvalue weighted by molar-refractivity contribution is 0.139. The van der Waals surface area contributed by atoms with Crippen LogP contribution in [0.3, 0.4) is 0 Å². The molecular weight excluding hydrogens is 384 g/mol. The van der Waals surface area contributed by atoms with Gasteiger partial charge in [-0.3, -0.25) is 4.90 Å². The molecule has 1 heterocycles. The molecule has 1 fully saturated rings. The summed E-state index contributed by atoms with van der Waals surface area (Å²) in [7, 11) is 3.23. The van der Waals surface area contributed by atoms with Gasteiger partial charge in [-0.2, -0.15) is 0 Å². The molecule has 158 valence electrons. The van der Waals surface area contributed by atoms with Crippen LogP contribution in [-0.4, -0.2) is 62.7 Å². The molecule has 2 aromatic carbocycles. The number of piperazine rings is 1. The summed E-state index contributed by atoms with van der Waals surface area (Å²) in [5.41, 5.74) is 2.22. The topological polar surface area (TPSA) is 45.2 Å². The number of aliphatic hydroxyl groups is 1. The van der Waals surface area contributed by atoms with E-state index in [-0.39, 0.29) is 0 Å². The van der Waals surface area contributed by atoms with E-state index in [1.54, 1.807) is 14.2 Å². The molecule has 0 radical (unpaired) electrons. The van der Waals surface area contributed by atoms with Gasteiger partial charge in [-0.25, -0.2) is 0 Å². The van der Waals surface area contributed by atoms with Crippen LogP contribution in [0, 0.1) is 0 Å². The van der Waals surface area contributed by atoms with Crippen LogP contribution in [0.5, 0.6) is 11.5 Å². The average Bonchev–Trinajstić information content (AvgIpc) is 2.78. The van der Waals surface area contributed by atoms with Gasteiger partial charge in [0.1, 0.15) is 0 Å². The lowest BCUT2D eigenvalue weighted by atomic mass is 10.1. The van der Waals surface area contributed by atoms with Crippen molar-refractivity contribution in [2.45, 2.75) is 24.3 Å². The number of rotatable bonds is 9. The van der Waals surface area contributed by atoms with Crippen LogP contribution in [-0.2, 0) is 0 Å². The highest BCUT2D eigenvalue weighted by atomic mass is 32.2. The van der Waals surface area contributed by atoms with Crippen molar-refractivity contribution < 1.29 is 14.6 Å². The predicted molar refractivity (Wildman–Crippen MR) is 121 cm³/mol. The van der Waals surface area contributed by atoms with E-state index in [2.05, 4.69) is 41.0 Å². The number of hydrogen-bond donors (Lipinski definition) is 1. The van der Waals surface area contributed by atoms with Gasteiger partial charge < -0.3 is 19.5 Å². The molecule has 2 aromatic rings. The second-order valence-corrected chi connectivity index (χ2v) is 8.45. The molecule has 1 saturated heterocycles. The summed E-state index contributed by atoms with van der Waals surface area (Å²) in [6.45, 7) is 7.16. The minimum Gasteiger partial charge on any atom is -0.493 e. The van der Waals surface area contributed by atoms with Crippen LogP contribution >= 0.6 is 11.8 Å². The van der Waals surface area contributed by atoms with E-state index in [1.807, 2.05) is 30.0 Å². The maximum atomic E-state index is 10.6. The molecule has 6 heteroatoms. The Labute approximate surface area is 178 Å². The van der Waals surface area contributed by atoms with Crippen LogP contribution < -0.4 is 14.4 Å². The lowest BCUT2D eigenvalue weighted by Gasteiger charge is -2.37. The number of hydrogen-bond acceptors (Lipinski definition) is 6. The Balaban J connectivity index is 1.51. The predicted octanol–water partition coefficient (Wildman–Crippen LogP) is 4.06. The number of thioether (sulfide) groups is 1. The molecule has 1 atom stereocenters. The van der Waals surface area contributed by atoms with Gasteiger partial charge in [-0.1, -0.05) is 25.1 Å². The Bertz CT molecular complexity index is 778. The molecule has 0 unspecified atom stereocenters. The SMILES string of the molecule is CCSc1ccccc1N1CCN(CC[C@H](O)c2ccc(OC)c(OC)c2)CC1.